The third kappa shape index (κ3) is 3.03. The van der Waals surface area contributed by atoms with E-state index in [2.05, 4.69) is 5.32 Å². The number of hydrogen-bond donors (Lipinski definition) is 2. The molecule has 3 N–H and O–H groups in total. The molecule has 1 rings (SSSR count). The van der Waals surface area contributed by atoms with Gasteiger partial charge in [-0.05, 0) is 43.5 Å². The second-order valence-electron chi connectivity index (χ2n) is 4.28. The van der Waals surface area contributed by atoms with Crippen LogP contribution in [0.4, 0.5) is 10.1 Å². The molecular formula is C13H19FN2O. The van der Waals surface area contributed by atoms with Gasteiger partial charge in [0.15, 0.2) is 0 Å². The highest BCUT2D eigenvalue weighted by Crippen LogP contribution is 2.17. The van der Waals surface area contributed by atoms with Crippen molar-refractivity contribution in [3.63, 3.8) is 0 Å². The lowest BCUT2D eigenvalue weighted by atomic mass is 9.93. The normalized spacial score (nSPS) is 11.4. The highest BCUT2D eigenvalue weighted by Gasteiger charge is 2.29. The maximum atomic E-state index is 13.1. The summed E-state index contributed by atoms with van der Waals surface area (Å²) in [5.41, 5.74) is 6.18. The molecule has 0 radical (unpaired) electrons. The number of hydrogen-bond acceptors (Lipinski definition) is 2. The van der Waals surface area contributed by atoms with Crippen LogP contribution in [0.5, 0.6) is 0 Å². The van der Waals surface area contributed by atoms with Gasteiger partial charge in [0, 0.05) is 5.69 Å². The summed E-state index contributed by atoms with van der Waals surface area (Å²) in [4.78, 5) is 12.0. The third-order valence-electron chi connectivity index (χ3n) is 3.13. The zero-order valence-corrected chi connectivity index (χ0v) is 10.5. The van der Waals surface area contributed by atoms with Crippen LogP contribution in [0.2, 0.25) is 0 Å². The Balaban J connectivity index is 2.84. The van der Waals surface area contributed by atoms with Crippen LogP contribution in [0.1, 0.15) is 32.3 Å². The Bertz CT molecular complexity index is 414. The molecule has 0 saturated heterocycles. The number of rotatable bonds is 4. The first-order valence-corrected chi connectivity index (χ1v) is 5.79. The zero-order valence-electron chi connectivity index (χ0n) is 10.5. The lowest BCUT2D eigenvalue weighted by Gasteiger charge is -2.25. The van der Waals surface area contributed by atoms with Crippen molar-refractivity contribution >= 4 is 11.6 Å². The summed E-state index contributed by atoms with van der Waals surface area (Å²) in [6, 6.07) is 4.46. The highest BCUT2D eigenvalue weighted by atomic mass is 19.1. The molecule has 0 atom stereocenters. The lowest BCUT2D eigenvalue weighted by Crippen LogP contribution is -2.50. The molecule has 0 spiro atoms. The van der Waals surface area contributed by atoms with Gasteiger partial charge in [-0.25, -0.2) is 4.39 Å². The highest BCUT2D eigenvalue weighted by molar-refractivity contribution is 5.97. The van der Waals surface area contributed by atoms with Crippen LogP contribution in [0, 0.1) is 12.7 Å². The van der Waals surface area contributed by atoms with Crippen molar-refractivity contribution < 1.29 is 9.18 Å². The van der Waals surface area contributed by atoms with Gasteiger partial charge in [-0.1, -0.05) is 13.8 Å². The van der Waals surface area contributed by atoms with Crippen LogP contribution < -0.4 is 11.1 Å². The minimum absolute atomic E-state index is 0.228. The number of halogens is 1. The molecule has 1 amide bonds. The monoisotopic (exact) mass is 238 g/mol. The van der Waals surface area contributed by atoms with Crippen molar-refractivity contribution in [3.8, 4) is 0 Å². The van der Waals surface area contributed by atoms with Crippen molar-refractivity contribution in [2.45, 2.75) is 39.2 Å². The molecule has 0 unspecified atom stereocenters. The molecule has 0 bridgehead atoms. The summed E-state index contributed by atoms with van der Waals surface area (Å²) in [6.07, 6.45) is 1.13. The molecule has 0 saturated carbocycles. The first-order chi connectivity index (χ1) is 7.92. The van der Waals surface area contributed by atoms with Crippen LogP contribution in [0.15, 0.2) is 18.2 Å². The SMILES string of the molecule is CCC(N)(CC)C(=O)Nc1ccc(F)c(C)c1. The molecular weight excluding hydrogens is 219 g/mol. The van der Waals surface area contributed by atoms with E-state index in [4.69, 9.17) is 5.73 Å². The minimum Gasteiger partial charge on any atom is -0.324 e. The number of carbonyl (C=O) groups is 1. The molecule has 17 heavy (non-hydrogen) atoms. The van der Waals surface area contributed by atoms with Gasteiger partial charge in [0.2, 0.25) is 5.91 Å². The second kappa shape index (κ2) is 5.27. The first kappa shape index (κ1) is 13.6. The van der Waals surface area contributed by atoms with Gasteiger partial charge in [-0.3, -0.25) is 4.79 Å². The van der Waals surface area contributed by atoms with E-state index in [1.54, 1.807) is 13.0 Å². The molecule has 3 nitrogen and oxygen atoms in total. The molecule has 0 fully saturated rings. The standard InChI is InChI=1S/C13H19FN2O/c1-4-13(15,5-2)12(17)16-10-6-7-11(14)9(3)8-10/h6-8H,4-5,15H2,1-3H3,(H,16,17). The Morgan fingerprint density at radius 1 is 1.41 bits per heavy atom. The minimum atomic E-state index is -0.859. The molecule has 4 heteroatoms. The average molecular weight is 238 g/mol. The number of carbonyl (C=O) groups excluding carboxylic acids is 1. The fourth-order valence-electron chi connectivity index (χ4n) is 1.55. The van der Waals surface area contributed by atoms with Gasteiger partial charge in [0.25, 0.3) is 0 Å². The van der Waals surface area contributed by atoms with E-state index < -0.39 is 5.54 Å². The van der Waals surface area contributed by atoms with Crippen molar-refractivity contribution in [3.05, 3.63) is 29.6 Å². The van der Waals surface area contributed by atoms with Gasteiger partial charge in [0.1, 0.15) is 5.82 Å². The number of benzene rings is 1. The van der Waals surface area contributed by atoms with Crippen LogP contribution >= 0.6 is 0 Å². The largest absolute Gasteiger partial charge is 0.324 e. The van der Waals surface area contributed by atoms with E-state index in [0.717, 1.165) is 0 Å². The van der Waals surface area contributed by atoms with E-state index in [0.29, 0.717) is 24.1 Å². The summed E-state index contributed by atoms with van der Waals surface area (Å²) in [5.74, 6) is -0.512. The van der Waals surface area contributed by atoms with Crippen molar-refractivity contribution in [1.29, 1.82) is 0 Å². The topological polar surface area (TPSA) is 55.1 Å². The van der Waals surface area contributed by atoms with Crippen LogP contribution in [-0.4, -0.2) is 11.4 Å². The second-order valence-corrected chi connectivity index (χ2v) is 4.28. The smallest absolute Gasteiger partial charge is 0.244 e. The molecule has 0 aromatic heterocycles. The Labute approximate surface area is 101 Å². The summed E-state index contributed by atoms with van der Waals surface area (Å²) in [7, 11) is 0. The van der Waals surface area contributed by atoms with Crippen LogP contribution in [-0.2, 0) is 4.79 Å². The number of aryl methyl sites for hydroxylation is 1. The van der Waals surface area contributed by atoms with E-state index >= 15 is 0 Å². The number of nitrogens with one attached hydrogen (secondary N) is 1. The van der Waals surface area contributed by atoms with Crippen molar-refractivity contribution in [2.24, 2.45) is 5.73 Å². The number of amides is 1. The predicted octanol–water partition coefficient (Wildman–Crippen LogP) is 2.59. The van der Waals surface area contributed by atoms with E-state index in [1.807, 2.05) is 13.8 Å². The molecule has 0 aliphatic rings. The summed E-state index contributed by atoms with van der Waals surface area (Å²) < 4.78 is 13.1. The fraction of sp³-hybridized carbons (Fsp3) is 0.462. The Morgan fingerprint density at radius 2 is 2.00 bits per heavy atom. The fourth-order valence-corrected chi connectivity index (χ4v) is 1.55. The van der Waals surface area contributed by atoms with E-state index in [-0.39, 0.29) is 11.7 Å². The Kier molecular flexibility index (Phi) is 4.23. The molecule has 0 heterocycles. The van der Waals surface area contributed by atoms with Crippen LogP contribution in [0.3, 0.4) is 0 Å². The molecule has 0 aliphatic heterocycles. The number of nitrogens with two attached hydrogens (primary N) is 1. The van der Waals surface area contributed by atoms with Gasteiger partial charge >= 0.3 is 0 Å². The first-order valence-electron chi connectivity index (χ1n) is 5.79. The van der Waals surface area contributed by atoms with Gasteiger partial charge < -0.3 is 11.1 Å². The van der Waals surface area contributed by atoms with Crippen LogP contribution in [0.25, 0.3) is 0 Å². The summed E-state index contributed by atoms with van der Waals surface area (Å²) in [6.45, 7) is 5.40. The average Bonchev–Trinajstić information content (AvgIpc) is 2.32. The zero-order chi connectivity index (χ0) is 13.1. The number of anilines is 1. The van der Waals surface area contributed by atoms with Gasteiger partial charge in [0.05, 0.1) is 5.54 Å². The summed E-state index contributed by atoms with van der Waals surface area (Å²) in [5, 5.41) is 2.72. The summed E-state index contributed by atoms with van der Waals surface area (Å²) >= 11 is 0. The maximum Gasteiger partial charge on any atom is 0.244 e. The molecule has 0 aliphatic carbocycles. The molecule has 1 aromatic rings. The maximum absolute atomic E-state index is 13.1. The van der Waals surface area contributed by atoms with Gasteiger partial charge in [-0.15, -0.1) is 0 Å². The third-order valence-corrected chi connectivity index (χ3v) is 3.13. The predicted molar refractivity (Wildman–Crippen MR) is 67.3 cm³/mol. The van der Waals surface area contributed by atoms with E-state index in [1.165, 1.54) is 12.1 Å². The van der Waals surface area contributed by atoms with Crippen molar-refractivity contribution in [1.82, 2.24) is 0 Å². The Morgan fingerprint density at radius 3 is 2.47 bits per heavy atom. The van der Waals surface area contributed by atoms with Crippen molar-refractivity contribution in [2.75, 3.05) is 5.32 Å². The van der Waals surface area contributed by atoms with E-state index in [9.17, 15) is 9.18 Å². The lowest BCUT2D eigenvalue weighted by molar-refractivity contribution is -0.121. The quantitative estimate of drug-likeness (QED) is 0.847. The van der Waals surface area contributed by atoms with Gasteiger partial charge in [-0.2, -0.15) is 0 Å². The molecule has 94 valence electrons. The Hall–Kier alpha value is -1.42. The molecule has 1 aromatic carbocycles.